The molecule has 0 N–H and O–H groups in total. The van der Waals surface area contributed by atoms with Crippen LogP contribution in [-0.4, -0.2) is 29.0 Å². The molecule has 0 aromatic rings. The van der Waals surface area contributed by atoms with Gasteiger partial charge in [-0.05, 0) is 10.8 Å². The maximum absolute atomic E-state index is 12.6. The summed E-state index contributed by atoms with van der Waals surface area (Å²) in [6, 6.07) is 0. The van der Waals surface area contributed by atoms with Crippen molar-refractivity contribution in [3.05, 3.63) is 0 Å². The molecule has 0 aliphatic carbocycles. The fourth-order valence-corrected chi connectivity index (χ4v) is 2.16. The summed E-state index contributed by atoms with van der Waals surface area (Å²) in [5, 5.41) is -5.54. The van der Waals surface area contributed by atoms with Gasteiger partial charge in [0.1, 0.15) is 0 Å². The Labute approximate surface area is 97.7 Å². The molecule has 0 aromatic carbocycles. The summed E-state index contributed by atoms with van der Waals surface area (Å²) in [6.45, 7) is 1.24. The number of halogens is 9. The molecular formula is C6H5F9S2. The van der Waals surface area contributed by atoms with E-state index in [1.54, 1.807) is 0 Å². The van der Waals surface area contributed by atoms with Gasteiger partial charge in [0.2, 0.25) is 0 Å². The molecule has 0 heterocycles. The van der Waals surface area contributed by atoms with Gasteiger partial charge in [-0.1, -0.05) is 17.7 Å². The minimum absolute atomic E-state index is 0.0546. The van der Waals surface area contributed by atoms with Crippen LogP contribution in [0.3, 0.4) is 0 Å². The molecule has 0 aromatic heterocycles. The molecule has 0 bridgehead atoms. The largest absolute Gasteiger partial charge is 0.460 e. The molecule has 104 valence electrons. The highest BCUT2D eigenvalue weighted by molar-refractivity contribution is 8.77. The predicted octanol–water partition coefficient (Wildman–Crippen LogP) is 4.81. The summed E-state index contributed by atoms with van der Waals surface area (Å²) in [6.07, 6.45) is -6.75. The van der Waals surface area contributed by atoms with E-state index < -0.39 is 34.1 Å². The lowest BCUT2D eigenvalue weighted by molar-refractivity contribution is -0.380. The maximum atomic E-state index is 12.6. The first-order valence-electron chi connectivity index (χ1n) is 3.82. The SMILES string of the molecule is CCSSC(F)(F)C(F)(F)C(F)(F)C(F)(F)F. The van der Waals surface area contributed by atoms with Crippen LogP contribution in [0, 0.1) is 0 Å². The Morgan fingerprint density at radius 2 is 1.18 bits per heavy atom. The Morgan fingerprint density at radius 3 is 1.47 bits per heavy atom. The summed E-state index contributed by atoms with van der Waals surface area (Å²) in [5.41, 5.74) is 0. The molecule has 0 rings (SSSR count). The van der Waals surface area contributed by atoms with Gasteiger partial charge in [-0.3, -0.25) is 0 Å². The maximum Gasteiger partial charge on any atom is 0.460 e. The van der Waals surface area contributed by atoms with Gasteiger partial charge < -0.3 is 0 Å². The smallest absolute Gasteiger partial charge is 0.191 e. The first kappa shape index (κ1) is 17.1. The fourth-order valence-electron chi connectivity index (χ4n) is 0.546. The van der Waals surface area contributed by atoms with Crippen molar-refractivity contribution < 1.29 is 39.5 Å². The molecular weight excluding hydrogens is 307 g/mol. The Bertz CT molecular complexity index is 259. The van der Waals surface area contributed by atoms with Crippen LogP contribution in [0.1, 0.15) is 6.92 Å². The molecule has 0 aliphatic rings. The molecule has 0 fully saturated rings. The summed E-state index contributed by atoms with van der Waals surface area (Å²) in [4.78, 5) is 0. The standard InChI is InChI=1S/C6H5F9S2/c1-2-16-17-6(14,15)4(9,10)3(7,8)5(11,12)13/h2H2,1H3. The highest BCUT2D eigenvalue weighted by Gasteiger charge is 2.82. The van der Waals surface area contributed by atoms with E-state index in [2.05, 4.69) is 0 Å². The van der Waals surface area contributed by atoms with E-state index in [0.717, 1.165) is 0 Å². The van der Waals surface area contributed by atoms with Crippen molar-refractivity contribution in [1.29, 1.82) is 0 Å². The predicted molar refractivity (Wildman–Crippen MR) is 46.6 cm³/mol. The highest BCUT2D eigenvalue weighted by atomic mass is 33.1. The lowest BCUT2D eigenvalue weighted by Gasteiger charge is -2.32. The quantitative estimate of drug-likeness (QED) is 0.527. The third kappa shape index (κ3) is 3.09. The van der Waals surface area contributed by atoms with E-state index >= 15 is 0 Å². The summed E-state index contributed by atoms with van der Waals surface area (Å²) >= 11 is 0. The molecule has 0 aliphatic heterocycles. The molecule has 0 saturated heterocycles. The average molecular weight is 312 g/mol. The molecule has 11 heteroatoms. The lowest BCUT2D eigenvalue weighted by Crippen LogP contribution is -2.59. The topological polar surface area (TPSA) is 0 Å². The summed E-state index contributed by atoms with van der Waals surface area (Å²) in [5.74, 6) is -13.5. The molecule has 0 unspecified atom stereocenters. The first-order chi connectivity index (χ1) is 7.31. The minimum Gasteiger partial charge on any atom is -0.191 e. The van der Waals surface area contributed by atoms with Gasteiger partial charge in [0.05, 0.1) is 0 Å². The number of alkyl halides is 9. The number of hydrogen-bond acceptors (Lipinski definition) is 2. The van der Waals surface area contributed by atoms with Crippen molar-refractivity contribution in [2.24, 2.45) is 0 Å². The van der Waals surface area contributed by atoms with Crippen LogP contribution in [-0.2, 0) is 0 Å². The van der Waals surface area contributed by atoms with Crippen molar-refractivity contribution in [3.8, 4) is 0 Å². The van der Waals surface area contributed by atoms with Crippen LogP contribution in [0.25, 0.3) is 0 Å². The van der Waals surface area contributed by atoms with Gasteiger partial charge in [-0.15, -0.1) is 0 Å². The lowest BCUT2D eigenvalue weighted by atomic mass is 10.1. The van der Waals surface area contributed by atoms with Crippen molar-refractivity contribution in [1.82, 2.24) is 0 Å². The van der Waals surface area contributed by atoms with Crippen LogP contribution < -0.4 is 0 Å². The van der Waals surface area contributed by atoms with E-state index in [1.165, 1.54) is 6.92 Å². The van der Waals surface area contributed by atoms with Gasteiger partial charge in [0.15, 0.2) is 0 Å². The van der Waals surface area contributed by atoms with Gasteiger partial charge in [-0.25, -0.2) is 0 Å². The van der Waals surface area contributed by atoms with Crippen molar-refractivity contribution in [2.75, 3.05) is 5.75 Å². The Kier molecular flexibility index (Phi) is 5.00. The Morgan fingerprint density at radius 1 is 0.765 bits per heavy atom. The normalized spacial score (nSPS) is 15.2. The van der Waals surface area contributed by atoms with Crippen LogP contribution in [0.4, 0.5) is 39.5 Å². The second kappa shape index (κ2) is 4.98. The van der Waals surface area contributed by atoms with Gasteiger partial charge in [0, 0.05) is 5.75 Å². The van der Waals surface area contributed by atoms with Crippen LogP contribution in [0.15, 0.2) is 0 Å². The van der Waals surface area contributed by atoms with Crippen molar-refractivity contribution >= 4 is 21.6 Å². The zero-order chi connectivity index (χ0) is 14.1. The number of rotatable bonds is 5. The second-order valence-corrected chi connectivity index (χ2v) is 5.35. The molecule has 0 spiro atoms. The first-order valence-corrected chi connectivity index (χ1v) is 6.14. The molecule has 0 nitrogen and oxygen atoms in total. The van der Waals surface area contributed by atoms with Gasteiger partial charge in [0.25, 0.3) is 0 Å². The van der Waals surface area contributed by atoms with Crippen molar-refractivity contribution in [3.63, 3.8) is 0 Å². The zero-order valence-electron chi connectivity index (χ0n) is 7.93. The molecule has 0 saturated carbocycles. The van der Waals surface area contributed by atoms with Crippen LogP contribution in [0.2, 0.25) is 0 Å². The van der Waals surface area contributed by atoms with Crippen LogP contribution >= 0.6 is 21.6 Å². The monoisotopic (exact) mass is 312 g/mol. The third-order valence-electron chi connectivity index (χ3n) is 1.40. The van der Waals surface area contributed by atoms with E-state index in [4.69, 9.17) is 0 Å². The molecule has 0 radical (unpaired) electrons. The molecule has 0 amide bonds. The molecule has 17 heavy (non-hydrogen) atoms. The summed E-state index contributed by atoms with van der Waals surface area (Å²) < 4.78 is 110. The number of hydrogen-bond donors (Lipinski definition) is 0. The van der Waals surface area contributed by atoms with E-state index in [-0.39, 0.29) is 16.5 Å². The zero-order valence-corrected chi connectivity index (χ0v) is 9.56. The van der Waals surface area contributed by atoms with Gasteiger partial charge in [-0.2, -0.15) is 39.5 Å². The van der Waals surface area contributed by atoms with E-state index in [1.807, 2.05) is 0 Å². The minimum atomic E-state index is -6.80. The van der Waals surface area contributed by atoms with E-state index in [9.17, 15) is 39.5 Å². The van der Waals surface area contributed by atoms with Crippen molar-refractivity contribution in [2.45, 2.75) is 30.2 Å². The summed E-state index contributed by atoms with van der Waals surface area (Å²) in [7, 11) is -0.963. The third-order valence-corrected chi connectivity index (χ3v) is 3.91. The molecule has 0 atom stereocenters. The fraction of sp³-hybridized carbons (Fsp3) is 1.00. The Balaban J connectivity index is 5.24. The van der Waals surface area contributed by atoms with Gasteiger partial charge >= 0.3 is 23.3 Å². The van der Waals surface area contributed by atoms with Crippen LogP contribution in [0.5, 0.6) is 0 Å². The average Bonchev–Trinajstić information content (AvgIpc) is 2.12. The second-order valence-electron chi connectivity index (χ2n) is 2.65. The Hall–Kier alpha value is 0.0700. The van der Waals surface area contributed by atoms with E-state index in [0.29, 0.717) is 0 Å². The highest BCUT2D eigenvalue weighted by Crippen LogP contribution is 2.58.